The van der Waals surface area contributed by atoms with Crippen molar-refractivity contribution in [3.8, 4) is 0 Å². The minimum atomic E-state index is 0.0477. The second-order valence-corrected chi connectivity index (χ2v) is 13.9. The third-order valence-corrected chi connectivity index (χ3v) is 11.2. The summed E-state index contributed by atoms with van der Waals surface area (Å²) in [5, 5.41) is 1.24. The normalized spacial score (nSPS) is 29.9. The maximum atomic E-state index is 13.0. The highest BCUT2D eigenvalue weighted by Crippen LogP contribution is 2.62. The van der Waals surface area contributed by atoms with Crippen molar-refractivity contribution in [3.05, 3.63) is 63.1 Å². The zero-order valence-corrected chi connectivity index (χ0v) is 25.5. The molecule has 1 amide bonds. The van der Waals surface area contributed by atoms with E-state index < -0.39 is 0 Å². The lowest BCUT2D eigenvalue weighted by Crippen LogP contribution is -2.65. The number of nitrogens with zero attached hydrogens (tertiary/aromatic N) is 4. The molecular weight excluding hydrogens is 541 g/mol. The second kappa shape index (κ2) is 10.5. The number of halogens is 2. The number of fused-ring (bicyclic) bond motifs is 3. The molecule has 0 aromatic heterocycles. The van der Waals surface area contributed by atoms with E-state index in [4.69, 9.17) is 33.9 Å². The van der Waals surface area contributed by atoms with Crippen molar-refractivity contribution in [1.82, 2.24) is 14.7 Å². The predicted octanol–water partition coefficient (Wildman–Crippen LogP) is 6.21. The van der Waals surface area contributed by atoms with Crippen LogP contribution in [0.15, 0.2) is 41.4 Å². The maximum absolute atomic E-state index is 13.0. The van der Waals surface area contributed by atoms with E-state index in [0.29, 0.717) is 53.0 Å². The van der Waals surface area contributed by atoms with Crippen molar-refractivity contribution < 1.29 is 4.79 Å². The summed E-state index contributed by atoms with van der Waals surface area (Å²) in [6, 6.07) is 12.4. The van der Waals surface area contributed by atoms with E-state index in [1.165, 1.54) is 12.8 Å². The molecule has 2 heterocycles. The Morgan fingerprint density at radius 1 is 1.10 bits per heavy atom. The van der Waals surface area contributed by atoms with E-state index in [2.05, 4.69) is 37.5 Å². The molecule has 5 aliphatic rings. The van der Waals surface area contributed by atoms with Gasteiger partial charge in [-0.05, 0) is 90.8 Å². The Kier molecular flexibility index (Phi) is 7.33. The van der Waals surface area contributed by atoms with Crippen molar-refractivity contribution in [1.29, 1.82) is 0 Å². The largest absolute Gasteiger partial charge is 0.369 e. The molecule has 2 aliphatic heterocycles. The number of amides is 1. The number of aliphatic imine (C=N–C) groups is 1. The van der Waals surface area contributed by atoms with Crippen molar-refractivity contribution in [3.63, 3.8) is 0 Å². The molecule has 3 aliphatic carbocycles. The van der Waals surface area contributed by atoms with Gasteiger partial charge in [-0.25, -0.2) is 4.99 Å². The van der Waals surface area contributed by atoms with Crippen molar-refractivity contribution in [2.75, 3.05) is 26.2 Å². The molecule has 5 atom stereocenters. The zero-order chi connectivity index (χ0) is 28.3. The van der Waals surface area contributed by atoms with Gasteiger partial charge in [0.2, 0.25) is 0 Å². The van der Waals surface area contributed by atoms with E-state index in [-0.39, 0.29) is 5.91 Å². The topological polar surface area (TPSA) is 65.2 Å². The van der Waals surface area contributed by atoms with Crippen LogP contribution in [0.3, 0.4) is 0 Å². The fourth-order valence-corrected chi connectivity index (χ4v) is 8.54. The molecule has 8 heteroatoms. The standard InChI is InChI=1S/C32H41Cl2N5O/c1-19-17-38(11-12-39(19)29-15-23-14-27(20(29)2)32(23,3)4)31(35)36-25-7-8-26-22(13-25)18-37(30(26)40)10-9-21-5-6-24(33)16-28(21)34/h5-8,13,16,19-20,23,27,29H,9-12,14-15,17-18H2,1-4H3,(H2,35,36). The third kappa shape index (κ3) is 4.90. The molecule has 0 spiro atoms. The molecule has 3 saturated carbocycles. The van der Waals surface area contributed by atoms with Crippen LogP contribution in [0.2, 0.25) is 10.0 Å². The number of carbonyl (C=O) groups is 1. The Balaban J connectivity index is 1.07. The van der Waals surface area contributed by atoms with Crippen molar-refractivity contribution in [2.45, 2.75) is 65.6 Å². The van der Waals surface area contributed by atoms with Gasteiger partial charge < -0.3 is 15.5 Å². The molecule has 1 saturated heterocycles. The zero-order valence-electron chi connectivity index (χ0n) is 24.0. The first-order valence-corrected chi connectivity index (χ1v) is 15.5. The van der Waals surface area contributed by atoms with Crippen LogP contribution < -0.4 is 5.73 Å². The number of hydrogen-bond donors (Lipinski definition) is 1. The fraction of sp³-hybridized carbons (Fsp3) is 0.562. The van der Waals surface area contributed by atoms with E-state index in [1.54, 1.807) is 6.07 Å². The molecule has 6 nitrogen and oxygen atoms in total. The lowest BCUT2D eigenvalue weighted by atomic mass is 9.44. The Labute approximate surface area is 248 Å². The summed E-state index contributed by atoms with van der Waals surface area (Å²) in [5.41, 5.74) is 10.6. The van der Waals surface area contributed by atoms with Crippen LogP contribution in [0.5, 0.6) is 0 Å². The molecule has 2 N–H and O–H groups in total. The Bertz CT molecular complexity index is 1340. The molecule has 2 aromatic carbocycles. The number of nitrogens with two attached hydrogens (primary N) is 1. The van der Waals surface area contributed by atoms with E-state index in [1.807, 2.05) is 35.2 Å². The highest BCUT2D eigenvalue weighted by molar-refractivity contribution is 6.35. The molecule has 4 fully saturated rings. The van der Waals surface area contributed by atoms with Gasteiger partial charge in [-0.1, -0.05) is 50.0 Å². The second-order valence-electron chi connectivity index (χ2n) is 13.1. The van der Waals surface area contributed by atoms with Crippen LogP contribution in [-0.2, 0) is 13.0 Å². The highest BCUT2D eigenvalue weighted by atomic mass is 35.5. The molecule has 0 radical (unpaired) electrons. The van der Waals surface area contributed by atoms with Crippen molar-refractivity contribution in [2.24, 2.45) is 33.9 Å². The summed E-state index contributed by atoms with van der Waals surface area (Å²) in [6.07, 6.45) is 3.42. The summed E-state index contributed by atoms with van der Waals surface area (Å²) in [6.45, 7) is 13.7. The summed E-state index contributed by atoms with van der Waals surface area (Å²) >= 11 is 12.4. The summed E-state index contributed by atoms with van der Waals surface area (Å²) < 4.78 is 0. The molecule has 40 heavy (non-hydrogen) atoms. The molecular formula is C32H41Cl2N5O. The van der Waals surface area contributed by atoms with Gasteiger partial charge >= 0.3 is 0 Å². The molecule has 7 rings (SSSR count). The lowest BCUT2D eigenvalue weighted by Gasteiger charge is -2.64. The SMILES string of the molecule is CC1C(N2CCN(C(N)=Nc3ccc4c(c3)CN(CCc3ccc(Cl)cc3Cl)C4=O)CC2C)CC2CC1C2(C)C. The summed E-state index contributed by atoms with van der Waals surface area (Å²) in [7, 11) is 0. The number of benzene rings is 2. The first kappa shape index (κ1) is 27.9. The molecule has 2 aromatic rings. The number of rotatable bonds is 5. The third-order valence-electron chi connectivity index (χ3n) is 10.6. The summed E-state index contributed by atoms with van der Waals surface area (Å²) in [4.78, 5) is 24.6. The van der Waals surface area contributed by atoms with Gasteiger partial charge in [0.05, 0.1) is 5.69 Å². The van der Waals surface area contributed by atoms with Gasteiger partial charge in [0.25, 0.3) is 5.91 Å². The minimum absolute atomic E-state index is 0.0477. The van der Waals surface area contributed by atoms with Crippen molar-refractivity contribution >= 4 is 40.8 Å². The van der Waals surface area contributed by atoms with Gasteiger partial charge in [-0.2, -0.15) is 0 Å². The quantitative estimate of drug-likeness (QED) is 0.336. The van der Waals surface area contributed by atoms with E-state index >= 15 is 0 Å². The van der Waals surface area contributed by atoms with Crippen LogP contribution >= 0.6 is 23.2 Å². The van der Waals surface area contributed by atoms with Gasteiger partial charge in [-0.15, -0.1) is 0 Å². The number of carbonyl (C=O) groups excluding carboxylic acids is 1. The molecule has 214 valence electrons. The fourth-order valence-electron chi connectivity index (χ4n) is 8.03. The average Bonchev–Trinajstić information content (AvgIpc) is 3.22. The van der Waals surface area contributed by atoms with Crippen LogP contribution in [0.4, 0.5) is 5.69 Å². The minimum Gasteiger partial charge on any atom is -0.369 e. The van der Waals surface area contributed by atoms with Crippen LogP contribution in [0.1, 0.15) is 62.0 Å². The summed E-state index contributed by atoms with van der Waals surface area (Å²) in [5.74, 6) is 3.08. The van der Waals surface area contributed by atoms with Gasteiger partial charge in [-0.3, -0.25) is 9.69 Å². The Morgan fingerprint density at radius 3 is 2.60 bits per heavy atom. The number of guanidine groups is 1. The van der Waals surface area contributed by atoms with Crippen LogP contribution in [-0.4, -0.2) is 64.8 Å². The number of piperazine rings is 1. The van der Waals surface area contributed by atoms with E-state index in [9.17, 15) is 4.79 Å². The first-order chi connectivity index (χ1) is 19.0. The maximum Gasteiger partial charge on any atom is 0.254 e. The Morgan fingerprint density at radius 2 is 1.90 bits per heavy atom. The molecule has 5 unspecified atom stereocenters. The first-order valence-electron chi connectivity index (χ1n) is 14.7. The average molecular weight is 583 g/mol. The van der Waals surface area contributed by atoms with Gasteiger partial charge in [0.15, 0.2) is 5.96 Å². The molecule has 2 bridgehead atoms. The predicted molar refractivity (Wildman–Crippen MR) is 163 cm³/mol. The Hall–Kier alpha value is -2.28. The van der Waals surface area contributed by atoms with Gasteiger partial charge in [0.1, 0.15) is 0 Å². The van der Waals surface area contributed by atoms with E-state index in [0.717, 1.165) is 59.8 Å². The highest BCUT2D eigenvalue weighted by Gasteiger charge is 2.57. The van der Waals surface area contributed by atoms with Crippen LogP contribution in [0.25, 0.3) is 0 Å². The monoisotopic (exact) mass is 581 g/mol. The smallest absolute Gasteiger partial charge is 0.254 e. The van der Waals surface area contributed by atoms with Crippen LogP contribution in [0, 0.1) is 23.2 Å². The van der Waals surface area contributed by atoms with Gasteiger partial charge in [0, 0.05) is 60.4 Å². The number of hydrogen-bond acceptors (Lipinski definition) is 3. The lowest BCUT2D eigenvalue weighted by molar-refractivity contribution is -0.147.